The number of nitrogens with one attached hydrogen (secondary N) is 3. The van der Waals surface area contributed by atoms with Gasteiger partial charge < -0.3 is 10.6 Å². The molecule has 0 radical (unpaired) electrons. The standard InChI is InChI=1S/C20H19ClN4O2S/c21-15-9-4-10-16(12-15)23-19(27)25-20-24-17(13-28-20)18(26)22-11-5-8-14-6-2-1-3-7-14/h1-4,6-7,9-10,12-13H,5,8,11H2,(H,22,26)(H2,23,24,25,27). The maximum atomic E-state index is 12.2. The van der Waals surface area contributed by atoms with E-state index in [0.717, 1.165) is 12.8 Å². The highest BCUT2D eigenvalue weighted by molar-refractivity contribution is 7.14. The maximum absolute atomic E-state index is 12.2. The van der Waals surface area contributed by atoms with E-state index in [4.69, 9.17) is 11.6 Å². The fraction of sp³-hybridized carbons (Fsp3) is 0.150. The highest BCUT2D eigenvalue weighted by Crippen LogP contribution is 2.18. The van der Waals surface area contributed by atoms with Crippen molar-refractivity contribution in [3.63, 3.8) is 0 Å². The minimum atomic E-state index is -0.452. The second-order valence-corrected chi connectivity index (χ2v) is 7.27. The van der Waals surface area contributed by atoms with Gasteiger partial charge in [-0.3, -0.25) is 10.1 Å². The smallest absolute Gasteiger partial charge is 0.325 e. The highest BCUT2D eigenvalue weighted by atomic mass is 35.5. The molecule has 0 atom stereocenters. The second kappa shape index (κ2) is 9.87. The number of aromatic nitrogens is 1. The number of amides is 3. The van der Waals surface area contributed by atoms with Crippen LogP contribution in [0.1, 0.15) is 22.5 Å². The van der Waals surface area contributed by atoms with E-state index in [2.05, 4.69) is 33.1 Å². The Balaban J connectivity index is 1.43. The average Bonchev–Trinajstić information content (AvgIpc) is 3.14. The molecule has 2 aromatic carbocycles. The van der Waals surface area contributed by atoms with Crippen LogP contribution in [0.25, 0.3) is 0 Å². The van der Waals surface area contributed by atoms with Crippen molar-refractivity contribution in [3.8, 4) is 0 Å². The fourth-order valence-electron chi connectivity index (χ4n) is 2.49. The molecule has 0 spiro atoms. The summed E-state index contributed by atoms with van der Waals surface area (Å²) in [6.45, 7) is 0.559. The minimum Gasteiger partial charge on any atom is -0.351 e. The van der Waals surface area contributed by atoms with E-state index in [-0.39, 0.29) is 11.6 Å². The number of carbonyl (C=O) groups is 2. The molecule has 3 amide bonds. The molecule has 8 heteroatoms. The first-order valence-electron chi connectivity index (χ1n) is 8.71. The monoisotopic (exact) mass is 414 g/mol. The van der Waals surface area contributed by atoms with Gasteiger partial charge in [0.25, 0.3) is 5.91 Å². The van der Waals surface area contributed by atoms with Gasteiger partial charge in [-0.25, -0.2) is 9.78 Å². The summed E-state index contributed by atoms with van der Waals surface area (Å²) in [5.41, 5.74) is 2.09. The number of benzene rings is 2. The molecule has 3 aromatic rings. The van der Waals surface area contributed by atoms with Crippen molar-refractivity contribution >= 4 is 45.7 Å². The molecule has 28 heavy (non-hydrogen) atoms. The maximum Gasteiger partial charge on any atom is 0.325 e. The van der Waals surface area contributed by atoms with Crippen LogP contribution < -0.4 is 16.0 Å². The number of halogens is 1. The summed E-state index contributed by atoms with van der Waals surface area (Å²) in [6.07, 6.45) is 1.74. The number of aryl methyl sites for hydroxylation is 1. The lowest BCUT2D eigenvalue weighted by atomic mass is 10.1. The Morgan fingerprint density at radius 3 is 2.64 bits per heavy atom. The van der Waals surface area contributed by atoms with Crippen molar-refractivity contribution in [3.05, 3.63) is 76.3 Å². The van der Waals surface area contributed by atoms with Gasteiger partial charge in [0, 0.05) is 22.6 Å². The van der Waals surface area contributed by atoms with Crippen molar-refractivity contribution in [2.45, 2.75) is 12.8 Å². The molecule has 144 valence electrons. The topological polar surface area (TPSA) is 83.1 Å². The largest absolute Gasteiger partial charge is 0.351 e. The van der Waals surface area contributed by atoms with Crippen LogP contribution in [0.5, 0.6) is 0 Å². The Bertz CT molecular complexity index is 946. The zero-order valence-corrected chi connectivity index (χ0v) is 16.5. The summed E-state index contributed by atoms with van der Waals surface area (Å²) in [5, 5.41) is 10.6. The SMILES string of the molecule is O=C(Nc1cccc(Cl)c1)Nc1nc(C(=O)NCCCc2ccccc2)cs1. The van der Waals surface area contributed by atoms with Gasteiger partial charge in [0.15, 0.2) is 5.13 Å². The molecule has 0 unspecified atom stereocenters. The third kappa shape index (κ3) is 6.07. The zero-order valence-electron chi connectivity index (χ0n) is 14.9. The fourth-order valence-corrected chi connectivity index (χ4v) is 3.37. The molecule has 0 aliphatic rings. The van der Waals surface area contributed by atoms with E-state index in [0.29, 0.717) is 22.4 Å². The van der Waals surface area contributed by atoms with E-state index >= 15 is 0 Å². The van der Waals surface area contributed by atoms with Gasteiger partial charge >= 0.3 is 6.03 Å². The molecule has 3 rings (SSSR count). The van der Waals surface area contributed by atoms with E-state index in [1.165, 1.54) is 16.9 Å². The molecule has 3 N–H and O–H groups in total. The molecule has 6 nitrogen and oxygen atoms in total. The van der Waals surface area contributed by atoms with Crippen molar-refractivity contribution < 1.29 is 9.59 Å². The molecular weight excluding hydrogens is 396 g/mol. The lowest BCUT2D eigenvalue weighted by molar-refractivity contribution is 0.0949. The van der Waals surface area contributed by atoms with Gasteiger partial charge in [0.2, 0.25) is 0 Å². The normalized spacial score (nSPS) is 10.3. The highest BCUT2D eigenvalue weighted by Gasteiger charge is 2.12. The first-order valence-corrected chi connectivity index (χ1v) is 9.97. The van der Waals surface area contributed by atoms with Gasteiger partial charge in [-0.15, -0.1) is 11.3 Å². The first-order chi connectivity index (χ1) is 13.6. The second-order valence-electron chi connectivity index (χ2n) is 5.97. The minimum absolute atomic E-state index is 0.257. The number of urea groups is 1. The Morgan fingerprint density at radius 2 is 1.86 bits per heavy atom. The molecule has 1 heterocycles. The Kier molecular flexibility index (Phi) is 7.00. The Hall–Kier alpha value is -2.90. The third-order valence-corrected chi connectivity index (χ3v) is 4.80. The molecule has 0 aliphatic carbocycles. The summed E-state index contributed by atoms with van der Waals surface area (Å²) < 4.78 is 0. The quantitative estimate of drug-likeness (QED) is 0.485. The number of rotatable bonds is 7. The van der Waals surface area contributed by atoms with Gasteiger partial charge in [-0.05, 0) is 36.6 Å². The number of carbonyl (C=O) groups excluding carboxylic acids is 2. The van der Waals surface area contributed by atoms with Crippen LogP contribution in [0, 0.1) is 0 Å². The molecular formula is C20H19ClN4O2S. The summed E-state index contributed by atoms with van der Waals surface area (Å²) in [7, 11) is 0. The lowest BCUT2D eigenvalue weighted by Gasteiger charge is -2.05. The van der Waals surface area contributed by atoms with Crippen molar-refractivity contribution in [2.24, 2.45) is 0 Å². The van der Waals surface area contributed by atoms with Crippen LogP contribution in [0.4, 0.5) is 15.6 Å². The molecule has 0 saturated heterocycles. The predicted molar refractivity (Wildman–Crippen MR) is 113 cm³/mol. The molecule has 0 fully saturated rings. The zero-order chi connectivity index (χ0) is 19.8. The van der Waals surface area contributed by atoms with E-state index in [1.54, 1.807) is 29.6 Å². The van der Waals surface area contributed by atoms with Gasteiger partial charge in [-0.2, -0.15) is 0 Å². The van der Waals surface area contributed by atoms with E-state index in [1.807, 2.05) is 18.2 Å². The summed E-state index contributed by atoms with van der Waals surface area (Å²) >= 11 is 7.07. The number of thiazole rings is 1. The molecule has 0 bridgehead atoms. The van der Waals surface area contributed by atoms with Crippen LogP contribution in [-0.4, -0.2) is 23.5 Å². The Labute approximate surface area is 172 Å². The number of nitrogens with zero attached hydrogens (tertiary/aromatic N) is 1. The summed E-state index contributed by atoms with van der Waals surface area (Å²) in [6, 6.07) is 16.5. The van der Waals surface area contributed by atoms with Gasteiger partial charge in [0.1, 0.15) is 5.69 Å². The molecule has 1 aromatic heterocycles. The van der Waals surface area contributed by atoms with Crippen LogP contribution in [0.3, 0.4) is 0 Å². The predicted octanol–water partition coefficient (Wildman–Crippen LogP) is 4.80. The van der Waals surface area contributed by atoms with Gasteiger partial charge in [-0.1, -0.05) is 48.0 Å². The Morgan fingerprint density at radius 1 is 1.04 bits per heavy atom. The summed E-state index contributed by atoms with van der Waals surface area (Å²) in [4.78, 5) is 28.3. The van der Waals surface area contributed by atoms with Crippen LogP contribution in [-0.2, 0) is 6.42 Å². The van der Waals surface area contributed by atoms with Crippen LogP contribution >= 0.6 is 22.9 Å². The number of hydrogen-bond donors (Lipinski definition) is 3. The number of anilines is 2. The third-order valence-electron chi connectivity index (χ3n) is 3.81. The van der Waals surface area contributed by atoms with E-state index in [9.17, 15) is 9.59 Å². The van der Waals surface area contributed by atoms with Crippen molar-refractivity contribution in [1.29, 1.82) is 0 Å². The summed E-state index contributed by atoms with van der Waals surface area (Å²) in [5.74, 6) is -0.257. The molecule has 0 saturated carbocycles. The molecule has 0 aliphatic heterocycles. The van der Waals surface area contributed by atoms with Crippen LogP contribution in [0.15, 0.2) is 60.0 Å². The van der Waals surface area contributed by atoms with Crippen molar-refractivity contribution in [2.75, 3.05) is 17.2 Å². The van der Waals surface area contributed by atoms with Crippen LogP contribution in [0.2, 0.25) is 5.02 Å². The number of hydrogen-bond acceptors (Lipinski definition) is 4. The van der Waals surface area contributed by atoms with Gasteiger partial charge in [0.05, 0.1) is 0 Å². The van der Waals surface area contributed by atoms with E-state index < -0.39 is 6.03 Å². The van der Waals surface area contributed by atoms with Crippen molar-refractivity contribution in [1.82, 2.24) is 10.3 Å². The average molecular weight is 415 g/mol. The lowest BCUT2D eigenvalue weighted by Crippen LogP contribution is -2.25. The first kappa shape index (κ1) is 19.9.